The summed E-state index contributed by atoms with van der Waals surface area (Å²) < 4.78 is 1.42. The zero-order valence-electron chi connectivity index (χ0n) is 13.0. The molecule has 24 heavy (non-hydrogen) atoms. The Hall–Kier alpha value is -2.40. The van der Waals surface area contributed by atoms with Crippen LogP contribution in [0, 0.1) is 0 Å². The van der Waals surface area contributed by atoms with Crippen LogP contribution in [0.5, 0.6) is 0 Å². The van der Waals surface area contributed by atoms with Crippen LogP contribution in [0.3, 0.4) is 0 Å². The minimum absolute atomic E-state index is 0.187. The van der Waals surface area contributed by atoms with E-state index in [1.54, 1.807) is 36.5 Å². The largest absolute Gasteiger partial charge is 0.349 e. The van der Waals surface area contributed by atoms with E-state index in [-0.39, 0.29) is 17.5 Å². The number of nitrogens with zero attached hydrogens (tertiary/aromatic N) is 2. The Balaban J connectivity index is 1.88. The molecule has 0 unspecified atom stereocenters. The topological polar surface area (TPSA) is 63.5 Å². The van der Waals surface area contributed by atoms with E-state index < -0.39 is 0 Å². The number of hydrogen-bond acceptors (Lipinski definition) is 3. The van der Waals surface area contributed by atoms with Gasteiger partial charge in [0, 0.05) is 17.3 Å². The molecule has 2 heterocycles. The number of carbonyl (C=O) groups is 1. The summed E-state index contributed by atoms with van der Waals surface area (Å²) in [6, 6.07) is 8.56. The van der Waals surface area contributed by atoms with E-state index in [1.165, 1.54) is 4.40 Å². The van der Waals surface area contributed by atoms with E-state index in [0.717, 1.165) is 25.7 Å². The Morgan fingerprint density at radius 1 is 1.25 bits per heavy atom. The molecule has 6 heteroatoms. The zero-order chi connectivity index (χ0) is 16.7. The van der Waals surface area contributed by atoms with E-state index >= 15 is 0 Å². The van der Waals surface area contributed by atoms with Gasteiger partial charge >= 0.3 is 0 Å². The van der Waals surface area contributed by atoms with Gasteiger partial charge in [0.15, 0.2) is 5.65 Å². The summed E-state index contributed by atoms with van der Waals surface area (Å²) in [6.07, 6.45) is 5.92. The Morgan fingerprint density at radius 3 is 2.83 bits per heavy atom. The van der Waals surface area contributed by atoms with Crippen molar-refractivity contribution in [1.29, 1.82) is 0 Å². The predicted octanol–water partition coefficient (Wildman–Crippen LogP) is 3.17. The first-order valence-electron chi connectivity index (χ1n) is 8.05. The summed E-state index contributed by atoms with van der Waals surface area (Å²) in [5, 5.41) is 4.03. The van der Waals surface area contributed by atoms with Gasteiger partial charge in [-0.15, -0.1) is 0 Å². The van der Waals surface area contributed by atoms with E-state index in [0.29, 0.717) is 27.1 Å². The summed E-state index contributed by atoms with van der Waals surface area (Å²) in [4.78, 5) is 29.8. The molecule has 1 aliphatic rings. The number of fused-ring (bicyclic) bond motifs is 2. The Kier molecular flexibility index (Phi) is 3.73. The normalized spacial score (nSPS) is 15.2. The number of nitrogens with one attached hydrogen (secondary N) is 1. The van der Waals surface area contributed by atoms with Crippen molar-refractivity contribution in [1.82, 2.24) is 14.7 Å². The molecule has 1 amide bonds. The number of rotatable bonds is 2. The SMILES string of the molecule is O=C(NC1CCCC1)c1cccn2c(=O)c3ccc(Cl)cc3nc12. The number of carbonyl (C=O) groups excluding carboxylic acids is 1. The fourth-order valence-corrected chi connectivity index (χ4v) is 3.48. The summed E-state index contributed by atoms with van der Waals surface area (Å²) in [6.45, 7) is 0. The fourth-order valence-electron chi connectivity index (χ4n) is 3.31. The van der Waals surface area contributed by atoms with Crippen LogP contribution >= 0.6 is 11.6 Å². The van der Waals surface area contributed by atoms with Crippen molar-refractivity contribution in [2.24, 2.45) is 0 Å². The standard InChI is InChI=1S/C18H16ClN3O2/c19-11-7-8-13-15(10-11)21-16-14(6-3-9-22(16)18(13)24)17(23)20-12-4-1-2-5-12/h3,6-10,12H,1-2,4-5H2,(H,20,23). The summed E-state index contributed by atoms with van der Waals surface area (Å²) in [5.74, 6) is -0.187. The van der Waals surface area contributed by atoms with Gasteiger partial charge in [0.1, 0.15) is 0 Å². The van der Waals surface area contributed by atoms with Crippen LogP contribution in [0.4, 0.5) is 0 Å². The van der Waals surface area contributed by atoms with Crippen LogP contribution in [0.25, 0.3) is 16.6 Å². The van der Waals surface area contributed by atoms with Crippen molar-refractivity contribution in [2.75, 3.05) is 0 Å². The lowest BCUT2D eigenvalue weighted by Crippen LogP contribution is -2.33. The number of halogens is 1. The Morgan fingerprint density at radius 2 is 2.04 bits per heavy atom. The highest BCUT2D eigenvalue weighted by molar-refractivity contribution is 6.31. The van der Waals surface area contributed by atoms with Gasteiger partial charge in [-0.1, -0.05) is 24.4 Å². The van der Waals surface area contributed by atoms with Crippen LogP contribution < -0.4 is 10.9 Å². The molecule has 1 fully saturated rings. The molecule has 3 aromatic rings. The number of benzene rings is 1. The highest BCUT2D eigenvalue weighted by Crippen LogP contribution is 2.20. The average molecular weight is 342 g/mol. The molecular formula is C18H16ClN3O2. The summed E-state index contributed by atoms with van der Waals surface area (Å²) in [7, 11) is 0. The number of aromatic nitrogens is 2. The molecule has 4 rings (SSSR count). The van der Waals surface area contributed by atoms with Gasteiger partial charge in [-0.3, -0.25) is 14.0 Å². The molecule has 2 aromatic heterocycles. The lowest BCUT2D eigenvalue weighted by atomic mass is 10.2. The lowest BCUT2D eigenvalue weighted by Gasteiger charge is -2.13. The maximum Gasteiger partial charge on any atom is 0.265 e. The van der Waals surface area contributed by atoms with Gasteiger partial charge in [0.2, 0.25) is 0 Å². The van der Waals surface area contributed by atoms with E-state index in [2.05, 4.69) is 10.3 Å². The van der Waals surface area contributed by atoms with Crippen molar-refractivity contribution < 1.29 is 4.79 Å². The first-order chi connectivity index (χ1) is 11.6. The van der Waals surface area contributed by atoms with Crippen molar-refractivity contribution >= 4 is 34.1 Å². The predicted molar refractivity (Wildman–Crippen MR) is 93.7 cm³/mol. The van der Waals surface area contributed by atoms with Crippen LogP contribution in [0.2, 0.25) is 5.02 Å². The number of pyridine rings is 1. The van der Waals surface area contributed by atoms with E-state index in [4.69, 9.17) is 11.6 Å². The maximum atomic E-state index is 12.7. The highest BCUT2D eigenvalue weighted by Gasteiger charge is 2.20. The van der Waals surface area contributed by atoms with Crippen LogP contribution in [-0.4, -0.2) is 21.3 Å². The number of amides is 1. The molecule has 0 radical (unpaired) electrons. The minimum Gasteiger partial charge on any atom is -0.349 e. The van der Waals surface area contributed by atoms with Crippen molar-refractivity contribution in [2.45, 2.75) is 31.7 Å². The number of hydrogen-bond donors (Lipinski definition) is 1. The van der Waals surface area contributed by atoms with Gasteiger partial charge in [-0.2, -0.15) is 0 Å². The van der Waals surface area contributed by atoms with Gasteiger partial charge in [-0.05, 0) is 43.2 Å². The maximum absolute atomic E-state index is 12.7. The second-order valence-corrected chi connectivity index (χ2v) is 6.59. The smallest absolute Gasteiger partial charge is 0.265 e. The van der Waals surface area contributed by atoms with Gasteiger partial charge in [-0.25, -0.2) is 4.98 Å². The average Bonchev–Trinajstić information content (AvgIpc) is 3.07. The molecule has 5 nitrogen and oxygen atoms in total. The Bertz CT molecular complexity index is 1010. The first-order valence-corrected chi connectivity index (χ1v) is 8.43. The summed E-state index contributed by atoms with van der Waals surface area (Å²) in [5.41, 5.74) is 1.05. The van der Waals surface area contributed by atoms with E-state index in [9.17, 15) is 9.59 Å². The fraction of sp³-hybridized carbons (Fsp3) is 0.278. The van der Waals surface area contributed by atoms with Gasteiger partial charge in [0.05, 0.1) is 16.5 Å². The van der Waals surface area contributed by atoms with Crippen molar-refractivity contribution in [3.63, 3.8) is 0 Å². The van der Waals surface area contributed by atoms with Crippen molar-refractivity contribution in [3.05, 3.63) is 57.5 Å². The third kappa shape index (κ3) is 2.55. The molecule has 1 N–H and O–H groups in total. The highest BCUT2D eigenvalue weighted by atomic mass is 35.5. The van der Waals surface area contributed by atoms with Crippen LogP contribution in [-0.2, 0) is 0 Å². The quantitative estimate of drug-likeness (QED) is 0.728. The lowest BCUT2D eigenvalue weighted by molar-refractivity contribution is 0.0939. The van der Waals surface area contributed by atoms with Gasteiger partial charge in [0.25, 0.3) is 11.5 Å². The second kappa shape index (κ2) is 5.91. The summed E-state index contributed by atoms with van der Waals surface area (Å²) >= 11 is 6.01. The molecule has 0 bridgehead atoms. The molecule has 122 valence electrons. The molecule has 0 spiro atoms. The van der Waals surface area contributed by atoms with Gasteiger partial charge < -0.3 is 5.32 Å². The minimum atomic E-state index is -0.206. The molecule has 0 saturated heterocycles. The molecule has 0 atom stereocenters. The van der Waals surface area contributed by atoms with E-state index in [1.807, 2.05) is 0 Å². The van der Waals surface area contributed by atoms with Crippen LogP contribution in [0.15, 0.2) is 41.3 Å². The molecule has 1 aromatic carbocycles. The zero-order valence-corrected chi connectivity index (χ0v) is 13.7. The third-order valence-corrected chi connectivity index (χ3v) is 4.77. The van der Waals surface area contributed by atoms with Crippen LogP contribution in [0.1, 0.15) is 36.0 Å². The molecular weight excluding hydrogens is 326 g/mol. The van der Waals surface area contributed by atoms with Crippen molar-refractivity contribution in [3.8, 4) is 0 Å². The molecule has 1 aliphatic carbocycles. The first kappa shape index (κ1) is 15.1. The monoisotopic (exact) mass is 341 g/mol. The second-order valence-electron chi connectivity index (χ2n) is 6.15. The molecule has 0 aliphatic heterocycles. The molecule has 1 saturated carbocycles. The Labute approximate surface area is 143 Å². The third-order valence-electron chi connectivity index (χ3n) is 4.54.